The van der Waals surface area contributed by atoms with Crippen LogP contribution in [0, 0.1) is 0 Å². The number of hydrogen-bond donors (Lipinski definition) is 0. The zero-order chi connectivity index (χ0) is 11.8. The lowest BCUT2D eigenvalue weighted by Gasteiger charge is -2.09. The summed E-state index contributed by atoms with van der Waals surface area (Å²) in [4.78, 5) is 0. The second kappa shape index (κ2) is 3.66. The van der Waals surface area contributed by atoms with Crippen molar-refractivity contribution in [3.8, 4) is 11.5 Å². The number of ether oxygens (including phenoxy) is 2. The minimum atomic E-state index is 0.731. The molecule has 86 valence electrons. The maximum Gasteiger partial charge on any atom is 0.161 e. The largest absolute Gasteiger partial charge is 0.493 e. The molecule has 0 aliphatic rings. The summed E-state index contributed by atoms with van der Waals surface area (Å²) in [7, 11) is 3.28. The molecule has 0 fully saturated rings. The van der Waals surface area contributed by atoms with Gasteiger partial charge in [-0.25, -0.2) is 4.52 Å². The van der Waals surface area contributed by atoms with Gasteiger partial charge >= 0.3 is 0 Å². The Morgan fingerprint density at radius 2 is 1.82 bits per heavy atom. The van der Waals surface area contributed by atoms with Crippen LogP contribution in [0.5, 0.6) is 11.5 Å². The predicted octanol–water partition coefficient (Wildman–Crippen LogP) is 2.50. The zero-order valence-electron chi connectivity index (χ0n) is 9.68. The lowest BCUT2D eigenvalue weighted by Crippen LogP contribution is -1.92. The van der Waals surface area contributed by atoms with Crippen LogP contribution in [-0.4, -0.2) is 23.8 Å². The van der Waals surface area contributed by atoms with Crippen LogP contribution in [0.25, 0.3) is 16.3 Å². The topological polar surface area (TPSA) is 35.8 Å². The summed E-state index contributed by atoms with van der Waals surface area (Å²) in [5.74, 6) is 1.47. The molecule has 0 atom stereocenters. The van der Waals surface area contributed by atoms with E-state index in [0.717, 1.165) is 27.8 Å². The minimum absolute atomic E-state index is 0.731. The number of fused-ring (bicyclic) bond motifs is 3. The fraction of sp³-hybridized carbons (Fsp3) is 0.154. The van der Waals surface area contributed by atoms with E-state index < -0.39 is 0 Å². The summed E-state index contributed by atoms with van der Waals surface area (Å²) < 4.78 is 12.4. The van der Waals surface area contributed by atoms with Crippen molar-refractivity contribution in [2.75, 3.05) is 14.2 Å². The smallest absolute Gasteiger partial charge is 0.161 e. The normalized spacial score (nSPS) is 10.9. The first-order valence-corrected chi connectivity index (χ1v) is 5.31. The van der Waals surface area contributed by atoms with Crippen LogP contribution < -0.4 is 9.47 Å². The zero-order valence-corrected chi connectivity index (χ0v) is 9.68. The number of benzene rings is 1. The number of aromatic nitrogens is 2. The van der Waals surface area contributed by atoms with Crippen molar-refractivity contribution < 1.29 is 9.47 Å². The Morgan fingerprint density at radius 1 is 1.06 bits per heavy atom. The molecule has 0 radical (unpaired) electrons. The average molecular weight is 228 g/mol. The molecule has 0 amide bonds. The van der Waals surface area contributed by atoms with Gasteiger partial charge < -0.3 is 9.47 Å². The van der Waals surface area contributed by atoms with Gasteiger partial charge in [-0.15, -0.1) is 0 Å². The molecule has 3 rings (SSSR count). The molecule has 0 aliphatic heterocycles. The van der Waals surface area contributed by atoms with Crippen LogP contribution in [0.3, 0.4) is 0 Å². The molecule has 0 saturated heterocycles. The maximum atomic E-state index is 5.32. The van der Waals surface area contributed by atoms with Crippen LogP contribution in [0.1, 0.15) is 0 Å². The van der Waals surface area contributed by atoms with Gasteiger partial charge in [-0.3, -0.25) is 0 Å². The minimum Gasteiger partial charge on any atom is -0.493 e. The molecule has 3 aromatic rings. The first kappa shape index (κ1) is 9.96. The number of methoxy groups -OCH3 is 2. The Morgan fingerprint density at radius 3 is 2.59 bits per heavy atom. The van der Waals surface area contributed by atoms with Crippen molar-refractivity contribution in [3.05, 3.63) is 36.7 Å². The Hall–Kier alpha value is -2.23. The van der Waals surface area contributed by atoms with E-state index in [0.29, 0.717) is 0 Å². The fourth-order valence-electron chi connectivity index (χ4n) is 2.05. The fourth-order valence-corrected chi connectivity index (χ4v) is 2.05. The molecule has 0 saturated carbocycles. The number of rotatable bonds is 2. The molecule has 1 aromatic carbocycles. The molecular weight excluding hydrogens is 216 g/mol. The lowest BCUT2D eigenvalue weighted by atomic mass is 10.1. The molecule has 0 N–H and O–H groups in total. The van der Waals surface area contributed by atoms with E-state index in [1.165, 1.54) is 0 Å². The predicted molar refractivity (Wildman–Crippen MR) is 65.8 cm³/mol. The summed E-state index contributed by atoms with van der Waals surface area (Å²) in [5.41, 5.74) is 1.06. The standard InChI is InChI=1S/C13H12N2O2/c1-16-12-7-9-4-6-15-11(3-5-14-15)10(9)8-13(12)17-2/h3-8H,1-2H3. The third-order valence-corrected chi connectivity index (χ3v) is 2.90. The van der Waals surface area contributed by atoms with E-state index in [9.17, 15) is 0 Å². The Bertz CT molecular complexity index is 688. The first-order chi connectivity index (χ1) is 8.33. The molecule has 0 aliphatic carbocycles. The summed E-state index contributed by atoms with van der Waals surface area (Å²) in [6.45, 7) is 0. The highest BCUT2D eigenvalue weighted by Gasteiger charge is 2.08. The molecule has 17 heavy (non-hydrogen) atoms. The summed E-state index contributed by atoms with van der Waals surface area (Å²) in [6, 6.07) is 7.94. The first-order valence-electron chi connectivity index (χ1n) is 5.31. The van der Waals surface area contributed by atoms with Gasteiger partial charge in [0.15, 0.2) is 11.5 Å². The van der Waals surface area contributed by atoms with Gasteiger partial charge in [0, 0.05) is 17.8 Å². The summed E-state index contributed by atoms with van der Waals surface area (Å²) in [5, 5.41) is 6.42. The van der Waals surface area contributed by atoms with Crippen LogP contribution in [0.15, 0.2) is 36.7 Å². The highest BCUT2D eigenvalue weighted by Crippen LogP contribution is 2.33. The highest BCUT2D eigenvalue weighted by molar-refractivity contribution is 5.97. The molecule has 0 spiro atoms. The third kappa shape index (κ3) is 1.41. The second-order valence-corrected chi connectivity index (χ2v) is 3.77. The Balaban J connectivity index is 2.42. The van der Waals surface area contributed by atoms with Crippen molar-refractivity contribution in [2.24, 2.45) is 0 Å². The van der Waals surface area contributed by atoms with Gasteiger partial charge in [-0.05, 0) is 29.7 Å². The molecule has 0 bridgehead atoms. The summed E-state index contributed by atoms with van der Waals surface area (Å²) in [6.07, 6.45) is 3.72. The molecule has 0 unspecified atom stereocenters. The van der Waals surface area contributed by atoms with Gasteiger partial charge in [0.1, 0.15) is 0 Å². The number of nitrogens with zero attached hydrogens (tertiary/aromatic N) is 2. The van der Waals surface area contributed by atoms with Gasteiger partial charge in [0.25, 0.3) is 0 Å². The van der Waals surface area contributed by atoms with Gasteiger partial charge in [0.2, 0.25) is 0 Å². The number of pyridine rings is 1. The van der Waals surface area contributed by atoms with Crippen molar-refractivity contribution in [1.82, 2.24) is 9.61 Å². The van der Waals surface area contributed by atoms with E-state index in [2.05, 4.69) is 5.10 Å². The SMILES string of the molecule is COc1cc2ccn3nccc3c2cc1OC. The van der Waals surface area contributed by atoms with Crippen molar-refractivity contribution in [1.29, 1.82) is 0 Å². The van der Waals surface area contributed by atoms with Crippen molar-refractivity contribution in [2.45, 2.75) is 0 Å². The maximum absolute atomic E-state index is 5.32. The summed E-state index contributed by atoms with van der Waals surface area (Å²) >= 11 is 0. The Labute approximate surface area is 98.4 Å². The third-order valence-electron chi connectivity index (χ3n) is 2.90. The van der Waals surface area contributed by atoms with Gasteiger partial charge in [-0.2, -0.15) is 5.10 Å². The van der Waals surface area contributed by atoms with Gasteiger partial charge in [-0.1, -0.05) is 0 Å². The average Bonchev–Trinajstić information content (AvgIpc) is 2.85. The quantitative estimate of drug-likeness (QED) is 0.676. The highest BCUT2D eigenvalue weighted by atomic mass is 16.5. The van der Waals surface area contributed by atoms with Crippen LogP contribution >= 0.6 is 0 Å². The van der Waals surface area contributed by atoms with E-state index >= 15 is 0 Å². The molecular formula is C13H12N2O2. The van der Waals surface area contributed by atoms with Crippen LogP contribution in [0.4, 0.5) is 0 Å². The van der Waals surface area contributed by atoms with E-state index in [4.69, 9.17) is 9.47 Å². The van der Waals surface area contributed by atoms with Crippen LogP contribution in [-0.2, 0) is 0 Å². The lowest BCUT2D eigenvalue weighted by molar-refractivity contribution is 0.356. The van der Waals surface area contributed by atoms with E-state index in [1.54, 1.807) is 20.4 Å². The van der Waals surface area contributed by atoms with E-state index in [1.807, 2.05) is 35.0 Å². The van der Waals surface area contributed by atoms with Crippen molar-refractivity contribution >= 4 is 16.3 Å². The number of hydrogen-bond acceptors (Lipinski definition) is 3. The second-order valence-electron chi connectivity index (χ2n) is 3.77. The molecule has 2 heterocycles. The Kier molecular flexibility index (Phi) is 2.14. The van der Waals surface area contributed by atoms with E-state index in [-0.39, 0.29) is 0 Å². The van der Waals surface area contributed by atoms with Crippen LogP contribution in [0.2, 0.25) is 0 Å². The molecule has 2 aromatic heterocycles. The molecule has 4 heteroatoms. The van der Waals surface area contributed by atoms with Crippen molar-refractivity contribution in [3.63, 3.8) is 0 Å². The molecule has 4 nitrogen and oxygen atoms in total. The van der Waals surface area contributed by atoms with Gasteiger partial charge in [0.05, 0.1) is 19.7 Å². The monoisotopic (exact) mass is 228 g/mol.